The number of hydrazone groups is 1. The minimum atomic E-state index is -0.969. The third-order valence-corrected chi connectivity index (χ3v) is 2.93. The van der Waals surface area contributed by atoms with Gasteiger partial charge in [-0.25, -0.2) is 4.39 Å². The summed E-state index contributed by atoms with van der Waals surface area (Å²) in [4.78, 5) is 1.28. The summed E-state index contributed by atoms with van der Waals surface area (Å²) in [5.74, 6) is -0.409. The molecule has 1 aliphatic heterocycles. The van der Waals surface area contributed by atoms with Crippen molar-refractivity contribution in [2.75, 3.05) is 4.92 Å². The van der Waals surface area contributed by atoms with Gasteiger partial charge in [-0.15, -0.1) is 0 Å². The van der Waals surface area contributed by atoms with Crippen LogP contribution in [0.5, 0.6) is 0 Å². The van der Waals surface area contributed by atoms with Crippen molar-refractivity contribution in [2.24, 2.45) is 5.10 Å². The molecule has 0 bridgehead atoms. The highest BCUT2D eigenvalue weighted by atomic mass is 19.1. The lowest BCUT2D eigenvalue weighted by molar-refractivity contribution is 0.572. The Morgan fingerprint density at radius 1 is 1.06 bits per heavy atom. The number of anilines is 1. The molecular weight excluding hydrogens is 230 g/mol. The summed E-state index contributed by atoms with van der Waals surface area (Å²) in [6.45, 7) is 0. The molecule has 0 aromatic heterocycles. The normalized spacial score (nSPS) is 13.7. The molecule has 0 saturated carbocycles. The van der Waals surface area contributed by atoms with E-state index in [4.69, 9.17) is 0 Å². The van der Waals surface area contributed by atoms with Gasteiger partial charge < -0.3 is 5.02 Å². The number of benzene rings is 2. The van der Waals surface area contributed by atoms with Gasteiger partial charge in [0, 0.05) is 0 Å². The monoisotopic (exact) mass is 240 g/mol. The highest BCUT2D eigenvalue weighted by Gasteiger charge is 2.30. The summed E-state index contributed by atoms with van der Waals surface area (Å²) in [6, 6.07) is 13.6. The van der Waals surface area contributed by atoms with Crippen LogP contribution in [-0.2, 0) is 0 Å². The van der Waals surface area contributed by atoms with E-state index in [1.54, 1.807) is 30.5 Å². The number of nitrogens with zero attached hydrogens (tertiary/aromatic N) is 2. The van der Waals surface area contributed by atoms with Gasteiger partial charge in [0.25, 0.3) is 0 Å². The van der Waals surface area contributed by atoms with Gasteiger partial charge in [0.2, 0.25) is 0 Å². The number of fused-ring (bicyclic) bond motifs is 1. The van der Waals surface area contributed by atoms with Gasteiger partial charge >= 0.3 is 7.05 Å². The van der Waals surface area contributed by atoms with Gasteiger partial charge in [-0.2, -0.15) is 5.10 Å². The Labute approximate surface area is 104 Å². The molecule has 1 aliphatic rings. The van der Waals surface area contributed by atoms with E-state index in [0.29, 0.717) is 0 Å². The van der Waals surface area contributed by atoms with Crippen LogP contribution in [0, 0.1) is 5.82 Å². The first-order valence-electron chi connectivity index (χ1n) is 5.62. The smallest absolute Gasteiger partial charge is 0.427 e. The number of halogens is 1. The maximum atomic E-state index is 13.7. The summed E-state index contributed by atoms with van der Waals surface area (Å²) >= 11 is 0. The van der Waals surface area contributed by atoms with Crippen molar-refractivity contribution in [2.45, 2.75) is 0 Å². The van der Waals surface area contributed by atoms with Crippen molar-refractivity contribution in [3.8, 4) is 0 Å². The van der Waals surface area contributed by atoms with E-state index in [-0.39, 0.29) is 5.69 Å². The van der Waals surface area contributed by atoms with Gasteiger partial charge in [0.05, 0.1) is 11.9 Å². The van der Waals surface area contributed by atoms with Crippen molar-refractivity contribution in [3.63, 3.8) is 0 Å². The molecule has 18 heavy (non-hydrogen) atoms. The lowest BCUT2D eigenvalue weighted by Gasteiger charge is -2.26. The van der Waals surface area contributed by atoms with Gasteiger partial charge in [-0.1, -0.05) is 36.4 Å². The summed E-state index contributed by atoms with van der Waals surface area (Å²) in [6.07, 6.45) is 1.62. The molecule has 2 aromatic rings. The Morgan fingerprint density at radius 3 is 2.61 bits per heavy atom. The molecular formula is C13H10BFN2O. The van der Waals surface area contributed by atoms with E-state index in [1.165, 1.54) is 11.0 Å². The van der Waals surface area contributed by atoms with Crippen LogP contribution in [0.25, 0.3) is 0 Å². The zero-order chi connectivity index (χ0) is 12.5. The average molecular weight is 240 g/mol. The standard InChI is InChI=1S/C13H10BFN2O/c15-12-7-3-4-8-13(12)17-14(18)11-6-2-1-5-10(11)9-16-17/h1-9,18H. The fourth-order valence-corrected chi connectivity index (χ4v) is 2.01. The van der Waals surface area contributed by atoms with E-state index in [9.17, 15) is 9.41 Å². The Bertz CT molecular complexity index is 617. The molecule has 1 heterocycles. The number of hydrogen-bond donors (Lipinski definition) is 1. The van der Waals surface area contributed by atoms with Crippen LogP contribution in [0.1, 0.15) is 5.56 Å². The molecule has 1 N–H and O–H groups in total. The predicted octanol–water partition coefficient (Wildman–Crippen LogP) is 1.37. The molecule has 0 spiro atoms. The Kier molecular flexibility index (Phi) is 2.61. The predicted molar refractivity (Wildman–Crippen MR) is 70.5 cm³/mol. The highest BCUT2D eigenvalue weighted by molar-refractivity contribution is 6.71. The van der Waals surface area contributed by atoms with Gasteiger partial charge in [-0.05, 0) is 23.2 Å². The van der Waals surface area contributed by atoms with E-state index in [2.05, 4.69) is 5.10 Å². The number of hydrogen-bond acceptors (Lipinski definition) is 3. The van der Waals surface area contributed by atoms with Crippen LogP contribution >= 0.6 is 0 Å². The number of para-hydroxylation sites is 1. The molecule has 5 heteroatoms. The summed E-state index contributed by atoms with van der Waals surface area (Å²) in [7, 11) is -0.969. The highest BCUT2D eigenvalue weighted by Crippen LogP contribution is 2.21. The fourth-order valence-electron chi connectivity index (χ4n) is 2.01. The second-order valence-corrected chi connectivity index (χ2v) is 4.04. The van der Waals surface area contributed by atoms with Crippen LogP contribution in [0.3, 0.4) is 0 Å². The molecule has 0 amide bonds. The fraction of sp³-hybridized carbons (Fsp3) is 0. The lowest BCUT2D eigenvalue weighted by atomic mass is 9.69. The third kappa shape index (κ3) is 1.69. The van der Waals surface area contributed by atoms with Gasteiger partial charge in [0.1, 0.15) is 5.82 Å². The maximum Gasteiger partial charge on any atom is 0.471 e. The van der Waals surface area contributed by atoms with Crippen molar-refractivity contribution in [1.82, 2.24) is 0 Å². The second-order valence-electron chi connectivity index (χ2n) is 4.04. The Balaban J connectivity index is 2.06. The van der Waals surface area contributed by atoms with Gasteiger partial charge in [0.15, 0.2) is 0 Å². The average Bonchev–Trinajstić information content (AvgIpc) is 2.41. The zero-order valence-electron chi connectivity index (χ0n) is 9.49. The van der Waals surface area contributed by atoms with E-state index >= 15 is 0 Å². The zero-order valence-corrected chi connectivity index (χ0v) is 9.49. The molecule has 0 unspecified atom stereocenters. The molecule has 0 atom stereocenters. The van der Waals surface area contributed by atoms with Crippen molar-refractivity contribution >= 4 is 24.4 Å². The van der Waals surface area contributed by atoms with Crippen LogP contribution in [-0.4, -0.2) is 18.3 Å². The first-order chi connectivity index (χ1) is 8.77. The molecule has 88 valence electrons. The van der Waals surface area contributed by atoms with E-state index in [1.807, 2.05) is 18.2 Å². The van der Waals surface area contributed by atoms with Crippen molar-refractivity contribution < 1.29 is 9.41 Å². The Morgan fingerprint density at radius 2 is 1.78 bits per heavy atom. The molecule has 2 aromatic carbocycles. The molecule has 3 rings (SSSR count). The third-order valence-electron chi connectivity index (χ3n) is 2.93. The molecule has 3 nitrogen and oxygen atoms in total. The quantitative estimate of drug-likeness (QED) is 0.764. The second kappa shape index (κ2) is 4.27. The van der Waals surface area contributed by atoms with Gasteiger partial charge in [-0.3, -0.25) is 4.92 Å². The summed E-state index contributed by atoms with van der Waals surface area (Å²) in [5.41, 5.74) is 1.82. The van der Waals surface area contributed by atoms with Crippen LogP contribution in [0.2, 0.25) is 0 Å². The van der Waals surface area contributed by atoms with Crippen LogP contribution in [0.15, 0.2) is 53.6 Å². The lowest BCUT2D eigenvalue weighted by Crippen LogP contribution is -2.50. The Hall–Kier alpha value is -2.14. The molecule has 0 radical (unpaired) electrons. The summed E-state index contributed by atoms with van der Waals surface area (Å²) in [5, 5.41) is 14.3. The molecule has 0 saturated heterocycles. The van der Waals surface area contributed by atoms with Crippen molar-refractivity contribution in [3.05, 3.63) is 59.9 Å². The first-order valence-corrected chi connectivity index (χ1v) is 5.62. The van der Waals surface area contributed by atoms with Crippen LogP contribution in [0.4, 0.5) is 10.1 Å². The van der Waals surface area contributed by atoms with Crippen LogP contribution < -0.4 is 10.4 Å². The minimum absolute atomic E-state index is 0.260. The number of rotatable bonds is 1. The molecule has 0 aliphatic carbocycles. The van der Waals surface area contributed by atoms with E-state index < -0.39 is 12.9 Å². The molecule has 0 fully saturated rings. The maximum absolute atomic E-state index is 13.7. The van der Waals surface area contributed by atoms with Crippen molar-refractivity contribution in [1.29, 1.82) is 0 Å². The summed E-state index contributed by atoms with van der Waals surface area (Å²) < 4.78 is 13.7. The topological polar surface area (TPSA) is 35.8 Å². The minimum Gasteiger partial charge on any atom is -0.427 e. The SMILES string of the molecule is OB1c2ccccc2C=NN1c1ccccc1F. The van der Waals surface area contributed by atoms with E-state index in [0.717, 1.165) is 11.0 Å². The largest absolute Gasteiger partial charge is 0.471 e. The first kappa shape index (κ1) is 11.0.